The summed E-state index contributed by atoms with van der Waals surface area (Å²) in [4.78, 5) is 29.2. The van der Waals surface area contributed by atoms with Gasteiger partial charge in [-0.15, -0.1) is 0 Å². The number of benzene rings is 2. The lowest BCUT2D eigenvalue weighted by Gasteiger charge is -2.10. The Bertz CT molecular complexity index is 1290. The Balaban J connectivity index is 1.59. The number of thiazole rings is 1. The number of fused-ring (bicyclic) bond motifs is 1. The highest BCUT2D eigenvalue weighted by Crippen LogP contribution is 2.36. The number of hydrogen-bond acceptors (Lipinski definition) is 5. The van der Waals surface area contributed by atoms with Crippen LogP contribution in [0.4, 0.5) is 11.4 Å². The molecular formula is C22H18BrN3O3S. The van der Waals surface area contributed by atoms with Gasteiger partial charge in [0.05, 0.1) is 10.6 Å². The number of aromatic hydroxyl groups is 1. The summed E-state index contributed by atoms with van der Waals surface area (Å²) in [5.74, 6) is -0.611. The minimum Gasteiger partial charge on any atom is -0.493 e. The Hall–Kier alpha value is -2.97. The van der Waals surface area contributed by atoms with E-state index in [0.717, 1.165) is 48.3 Å². The molecule has 1 amide bonds. The molecule has 0 radical (unpaired) electrons. The first-order valence-electron chi connectivity index (χ1n) is 9.17. The van der Waals surface area contributed by atoms with E-state index < -0.39 is 4.87 Å². The van der Waals surface area contributed by atoms with Gasteiger partial charge in [-0.1, -0.05) is 39.4 Å². The quantitative estimate of drug-likeness (QED) is 0.553. The largest absolute Gasteiger partial charge is 0.493 e. The number of aliphatic imine (C=N–C) groups is 1. The Morgan fingerprint density at radius 1 is 1.27 bits per heavy atom. The smallest absolute Gasteiger partial charge is 0.311 e. The number of halogens is 1. The Kier molecular flexibility index (Phi) is 5.44. The van der Waals surface area contributed by atoms with E-state index in [-0.39, 0.29) is 18.3 Å². The van der Waals surface area contributed by atoms with E-state index in [4.69, 9.17) is 0 Å². The molecule has 0 spiro atoms. The molecule has 6 nitrogen and oxygen atoms in total. The second-order valence-electron chi connectivity index (χ2n) is 7.03. The van der Waals surface area contributed by atoms with Crippen LogP contribution in [0.15, 0.2) is 50.7 Å². The Morgan fingerprint density at radius 3 is 2.87 bits per heavy atom. The fourth-order valence-corrected chi connectivity index (χ4v) is 4.37. The summed E-state index contributed by atoms with van der Waals surface area (Å²) in [5.41, 5.74) is 5.15. The zero-order chi connectivity index (χ0) is 21.4. The average molecular weight is 484 g/mol. The number of nitrogens with one attached hydrogen (secondary N) is 1. The fourth-order valence-electron chi connectivity index (χ4n) is 3.17. The van der Waals surface area contributed by atoms with Crippen LogP contribution >= 0.6 is 27.3 Å². The molecule has 0 saturated carbocycles. The van der Waals surface area contributed by atoms with Crippen molar-refractivity contribution in [1.82, 2.24) is 4.57 Å². The van der Waals surface area contributed by atoms with Gasteiger partial charge in [0.1, 0.15) is 6.54 Å². The van der Waals surface area contributed by atoms with Crippen LogP contribution in [0.5, 0.6) is 5.88 Å². The molecule has 1 aromatic heterocycles. The minimum atomic E-state index is -0.403. The average Bonchev–Trinajstić information content (AvgIpc) is 3.20. The number of rotatable bonds is 4. The van der Waals surface area contributed by atoms with Crippen LogP contribution in [0.3, 0.4) is 0 Å². The number of aromatic nitrogens is 1. The summed E-state index contributed by atoms with van der Waals surface area (Å²) in [6.45, 7) is 3.56. The summed E-state index contributed by atoms with van der Waals surface area (Å²) in [5, 5.41) is 13.4. The number of carbonyl (C=O) groups excluding carboxylic acids is 1. The van der Waals surface area contributed by atoms with Crippen LogP contribution in [-0.2, 0) is 11.3 Å². The van der Waals surface area contributed by atoms with Crippen molar-refractivity contribution in [2.75, 3.05) is 5.32 Å². The maximum Gasteiger partial charge on any atom is 0.311 e. The highest BCUT2D eigenvalue weighted by Gasteiger charge is 2.18. The van der Waals surface area contributed by atoms with E-state index >= 15 is 0 Å². The molecule has 0 atom stereocenters. The van der Waals surface area contributed by atoms with Gasteiger partial charge < -0.3 is 10.4 Å². The third-order valence-corrected chi connectivity index (χ3v) is 6.17. The molecular weight excluding hydrogens is 466 g/mol. The lowest BCUT2D eigenvalue weighted by atomic mass is 10.1. The van der Waals surface area contributed by atoms with E-state index in [1.54, 1.807) is 12.3 Å². The van der Waals surface area contributed by atoms with Gasteiger partial charge in [0.25, 0.3) is 0 Å². The molecule has 3 aromatic rings. The molecule has 152 valence electrons. The first-order valence-corrected chi connectivity index (χ1v) is 10.8. The summed E-state index contributed by atoms with van der Waals surface area (Å²) < 4.78 is 1.99. The molecule has 0 unspecified atom stereocenters. The summed E-state index contributed by atoms with van der Waals surface area (Å²) in [6.07, 6.45) is 3.40. The molecule has 4 rings (SSSR count). The SMILES string of the molecule is Cc1ccc(C)c(NC(=O)Cn2c(O)c(C=C3C=Nc4ccc(Br)cc43)sc2=O)c1. The molecule has 0 aliphatic carbocycles. The second-order valence-corrected chi connectivity index (χ2v) is 8.94. The van der Waals surface area contributed by atoms with E-state index in [1.165, 1.54) is 0 Å². The van der Waals surface area contributed by atoms with Crippen molar-refractivity contribution in [3.8, 4) is 5.88 Å². The second kappa shape index (κ2) is 8.04. The van der Waals surface area contributed by atoms with Crippen molar-refractivity contribution in [3.63, 3.8) is 0 Å². The molecule has 2 aromatic carbocycles. The van der Waals surface area contributed by atoms with Gasteiger partial charge in [-0.3, -0.25) is 19.1 Å². The highest BCUT2D eigenvalue weighted by atomic mass is 79.9. The molecule has 1 aliphatic heterocycles. The van der Waals surface area contributed by atoms with Crippen LogP contribution < -0.4 is 10.2 Å². The van der Waals surface area contributed by atoms with Crippen LogP contribution in [0.2, 0.25) is 0 Å². The van der Waals surface area contributed by atoms with Gasteiger partial charge in [-0.05, 0) is 55.3 Å². The molecule has 2 N–H and O–H groups in total. The zero-order valence-corrected chi connectivity index (χ0v) is 18.7. The molecule has 0 fully saturated rings. The lowest BCUT2D eigenvalue weighted by molar-refractivity contribution is -0.116. The Labute approximate surface area is 185 Å². The van der Waals surface area contributed by atoms with Crippen molar-refractivity contribution in [2.24, 2.45) is 4.99 Å². The first kappa shape index (κ1) is 20.3. The van der Waals surface area contributed by atoms with Crippen molar-refractivity contribution in [2.45, 2.75) is 20.4 Å². The van der Waals surface area contributed by atoms with Gasteiger partial charge in [0.15, 0.2) is 0 Å². The molecule has 0 saturated heterocycles. The fraction of sp³-hybridized carbons (Fsp3) is 0.136. The number of amides is 1. The van der Waals surface area contributed by atoms with Gasteiger partial charge in [-0.2, -0.15) is 0 Å². The number of anilines is 1. The van der Waals surface area contributed by atoms with Crippen LogP contribution in [0, 0.1) is 13.8 Å². The molecule has 8 heteroatoms. The maximum atomic E-state index is 12.5. The number of nitrogens with zero attached hydrogens (tertiary/aromatic N) is 2. The predicted molar refractivity (Wildman–Crippen MR) is 125 cm³/mol. The highest BCUT2D eigenvalue weighted by molar-refractivity contribution is 9.10. The molecule has 1 aliphatic rings. The maximum absolute atomic E-state index is 12.5. The van der Waals surface area contributed by atoms with E-state index in [9.17, 15) is 14.7 Å². The normalized spacial score (nSPS) is 13.6. The van der Waals surface area contributed by atoms with Gasteiger partial charge in [-0.25, -0.2) is 0 Å². The third-order valence-electron chi connectivity index (χ3n) is 4.76. The third kappa shape index (κ3) is 4.01. The number of allylic oxidation sites excluding steroid dienone is 1. The lowest BCUT2D eigenvalue weighted by Crippen LogP contribution is -2.24. The van der Waals surface area contributed by atoms with Crippen molar-refractivity contribution >= 4 is 62.4 Å². The predicted octanol–water partition coefficient (Wildman–Crippen LogP) is 4.89. The monoisotopic (exact) mass is 483 g/mol. The van der Waals surface area contributed by atoms with Gasteiger partial charge in [0.2, 0.25) is 11.8 Å². The number of carbonyl (C=O) groups is 1. The Morgan fingerprint density at radius 2 is 2.07 bits per heavy atom. The van der Waals surface area contributed by atoms with E-state index in [1.807, 2.05) is 50.2 Å². The van der Waals surface area contributed by atoms with Crippen LogP contribution in [-0.4, -0.2) is 21.8 Å². The molecule has 2 heterocycles. The van der Waals surface area contributed by atoms with Crippen LogP contribution in [0.25, 0.3) is 11.6 Å². The number of aryl methyl sites for hydroxylation is 2. The summed E-state index contributed by atoms with van der Waals surface area (Å²) >= 11 is 4.33. The van der Waals surface area contributed by atoms with Crippen molar-refractivity contribution in [3.05, 3.63) is 72.1 Å². The van der Waals surface area contributed by atoms with E-state index in [2.05, 4.69) is 26.2 Å². The standard InChI is InChI=1S/C22H18BrN3O3S/c1-12-3-4-13(2)18(7-12)25-20(27)11-26-21(28)19(30-22(26)29)8-14-10-24-17-6-5-15(23)9-16(14)17/h3-10,28H,11H2,1-2H3,(H,25,27). The van der Waals surface area contributed by atoms with Gasteiger partial charge in [0, 0.05) is 27.5 Å². The minimum absolute atomic E-state index is 0.231. The molecule has 30 heavy (non-hydrogen) atoms. The van der Waals surface area contributed by atoms with E-state index in [0.29, 0.717) is 10.6 Å². The summed E-state index contributed by atoms with van der Waals surface area (Å²) in [7, 11) is 0. The van der Waals surface area contributed by atoms with Crippen molar-refractivity contribution < 1.29 is 9.90 Å². The van der Waals surface area contributed by atoms with Crippen molar-refractivity contribution in [1.29, 1.82) is 0 Å². The zero-order valence-electron chi connectivity index (χ0n) is 16.3. The van der Waals surface area contributed by atoms with Gasteiger partial charge >= 0.3 is 4.87 Å². The molecule has 0 bridgehead atoms. The summed E-state index contributed by atoms with van der Waals surface area (Å²) in [6, 6.07) is 11.5. The number of hydrogen-bond donors (Lipinski definition) is 2. The van der Waals surface area contributed by atoms with Crippen LogP contribution in [0.1, 0.15) is 21.6 Å². The topological polar surface area (TPSA) is 83.7 Å². The first-order chi connectivity index (χ1) is 14.3.